The van der Waals surface area contributed by atoms with Gasteiger partial charge >= 0.3 is 0 Å². The van der Waals surface area contributed by atoms with Crippen LogP contribution in [0.3, 0.4) is 0 Å². The SMILES string of the molecule is COCC(=O)N1CCN(c2nc3cc(Cl)ccc3c3nnc(-c4ccccc4C)n23)CC1C. The topological polar surface area (TPSA) is 75.9 Å². The number of halogens is 1. The molecule has 9 heteroatoms. The largest absolute Gasteiger partial charge is 0.375 e. The summed E-state index contributed by atoms with van der Waals surface area (Å²) in [6, 6.07) is 13.8. The summed E-state index contributed by atoms with van der Waals surface area (Å²) in [5, 5.41) is 10.6. The van der Waals surface area contributed by atoms with E-state index in [1.165, 1.54) is 0 Å². The summed E-state index contributed by atoms with van der Waals surface area (Å²) in [6.45, 7) is 6.05. The van der Waals surface area contributed by atoms with Crippen LogP contribution in [-0.4, -0.2) is 69.8 Å². The number of ether oxygens (including phenoxy) is 1. The Hall–Kier alpha value is -3.23. The number of methoxy groups -OCH3 is 1. The molecule has 1 amide bonds. The zero-order valence-electron chi connectivity index (χ0n) is 18.8. The van der Waals surface area contributed by atoms with Gasteiger partial charge in [-0.1, -0.05) is 35.9 Å². The molecular weight excluding hydrogens is 440 g/mol. The molecule has 1 aliphatic rings. The number of piperazine rings is 1. The van der Waals surface area contributed by atoms with Crippen molar-refractivity contribution in [2.24, 2.45) is 0 Å². The number of rotatable bonds is 4. The van der Waals surface area contributed by atoms with Crippen LogP contribution < -0.4 is 4.90 Å². The quantitative estimate of drug-likeness (QED) is 0.459. The Kier molecular flexibility index (Phi) is 5.64. The van der Waals surface area contributed by atoms with E-state index in [9.17, 15) is 4.79 Å². The normalized spacial score (nSPS) is 16.7. The number of fused-ring (bicyclic) bond motifs is 3. The molecule has 2 aromatic carbocycles. The number of nitrogens with zero attached hydrogens (tertiary/aromatic N) is 6. The number of anilines is 1. The molecule has 33 heavy (non-hydrogen) atoms. The molecule has 1 fully saturated rings. The third kappa shape index (κ3) is 3.79. The molecule has 5 rings (SSSR count). The Morgan fingerprint density at radius 3 is 2.76 bits per heavy atom. The third-order valence-corrected chi connectivity index (χ3v) is 6.40. The van der Waals surface area contributed by atoms with Crippen LogP contribution in [0.15, 0.2) is 42.5 Å². The predicted molar refractivity (Wildman–Crippen MR) is 129 cm³/mol. The van der Waals surface area contributed by atoms with Crippen molar-refractivity contribution < 1.29 is 9.53 Å². The number of aromatic nitrogens is 4. The summed E-state index contributed by atoms with van der Waals surface area (Å²) >= 11 is 6.28. The van der Waals surface area contributed by atoms with Gasteiger partial charge in [-0.05, 0) is 37.6 Å². The van der Waals surface area contributed by atoms with Crippen LogP contribution in [0.4, 0.5) is 5.95 Å². The fraction of sp³-hybridized carbons (Fsp3) is 0.333. The van der Waals surface area contributed by atoms with Gasteiger partial charge in [0.2, 0.25) is 11.9 Å². The summed E-state index contributed by atoms with van der Waals surface area (Å²) in [6.07, 6.45) is 0. The van der Waals surface area contributed by atoms with Gasteiger partial charge in [0.1, 0.15) is 6.61 Å². The molecule has 0 radical (unpaired) electrons. The Morgan fingerprint density at radius 1 is 1.18 bits per heavy atom. The molecule has 1 aliphatic heterocycles. The Balaban J connectivity index is 1.66. The van der Waals surface area contributed by atoms with Gasteiger partial charge < -0.3 is 14.5 Å². The molecule has 0 aliphatic carbocycles. The average molecular weight is 465 g/mol. The summed E-state index contributed by atoms with van der Waals surface area (Å²) in [7, 11) is 1.54. The number of carbonyl (C=O) groups excluding carboxylic acids is 1. The van der Waals surface area contributed by atoms with Crippen molar-refractivity contribution in [3.05, 3.63) is 53.1 Å². The Bertz CT molecular complexity index is 1350. The molecule has 0 N–H and O–H groups in total. The number of amides is 1. The van der Waals surface area contributed by atoms with Crippen molar-refractivity contribution in [1.82, 2.24) is 24.5 Å². The summed E-state index contributed by atoms with van der Waals surface area (Å²) in [5.41, 5.74) is 3.61. The second-order valence-electron chi connectivity index (χ2n) is 8.39. The highest BCUT2D eigenvalue weighted by molar-refractivity contribution is 6.31. The van der Waals surface area contributed by atoms with Gasteiger partial charge in [-0.15, -0.1) is 10.2 Å². The zero-order chi connectivity index (χ0) is 23.1. The molecule has 0 saturated carbocycles. The zero-order valence-corrected chi connectivity index (χ0v) is 19.6. The van der Waals surface area contributed by atoms with E-state index in [0.29, 0.717) is 24.7 Å². The molecule has 0 spiro atoms. The van der Waals surface area contributed by atoms with Gasteiger partial charge in [0, 0.05) is 48.8 Å². The van der Waals surface area contributed by atoms with Crippen molar-refractivity contribution in [2.45, 2.75) is 19.9 Å². The van der Waals surface area contributed by atoms with Gasteiger partial charge in [-0.2, -0.15) is 0 Å². The van der Waals surface area contributed by atoms with Gasteiger partial charge in [-0.3, -0.25) is 4.79 Å². The van der Waals surface area contributed by atoms with Crippen LogP contribution in [0.25, 0.3) is 27.9 Å². The van der Waals surface area contributed by atoms with E-state index in [0.717, 1.165) is 39.4 Å². The van der Waals surface area contributed by atoms with E-state index >= 15 is 0 Å². The maximum atomic E-state index is 12.4. The number of aryl methyl sites for hydroxylation is 1. The van der Waals surface area contributed by atoms with E-state index in [-0.39, 0.29) is 18.6 Å². The number of carbonyl (C=O) groups is 1. The molecule has 2 aromatic heterocycles. The summed E-state index contributed by atoms with van der Waals surface area (Å²) < 4.78 is 7.07. The molecule has 1 unspecified atom stereocenters. The second kappa shape index (κ2) is 8.61. The van der Waals surface area contributed by atoms with Crippen molar-refractivity contribution in [3.63, 3.8) is 0 Å². The van der Waals surface area contributed by atoms with Crippen LogP contribution in [0.2, 0.25) is 5.02 Å². The molecule has 0 bridgehead atoms. The first kappa shape index (κ1) is 21.6. The van der Waals surface area contributed by atoms with Crippen molar-refractivity contribution in [3.8, 4) is 11.4 Å². The van der Waals surface area contributed by atoms with E-state index in [4.69, 9.17) is 21.3 Å². The number of hydrogen-bond acceptors (Lipinski definition) is 6. The molecule has 1 saturated heterocycles. The van der Waals surface area contributed by atoms with Crippen molar-refractivity contribution in [2.75, 3.05) is 38.3 Å². The molecule has 4 aromatic rings. The van der Waals surface area contributed by atoms with Crippen LogP contribution >= 0.6 is 11.6 Å². The maximum absolute atomic E-state index is 12.4. The molecule has 170 valence electrons. The van der Waals surface area contributed by atoms with Gasteiger partial charge in [0.15, 0.2) is 11.5 Å². The van der Waals surface area contributed by atoms with Gasteiger partial charge in [0.25, 0.3) is 0 Å². The summed E-state index contributed by atoms with van der Waals surface area (Å²) in [5.74, 6) is 1.49. The lowest BCUT2D eigenvalue weighted by atomic mass is 10.1. The lowest BCUT2D eigenvalue weighted by molar-refractivity contribution is -0.137. The average Bonchev–Trinajstić information content (AvgIpc) is 3.23. The first-order valence-corrected chi connectivity index (χ1v) is 11.3. The summed E-state index contributed by atoms with van der Waals surface area (Å²) in [4.78, 5) is 21.5. The Labute approximate surface area is 196 Å². The first-order valence-electron chi connectivity index (χ1n) is 10.9. The lowest BCUT2D eigenvalue weighted by Gasteiger charge is -2.40. The first-order chi connectivity index (χ1) is 16.0. The van der Waals surface area contributed by atoms with Gasteiger partial charge in [0.05, 0.1) is 5.52 Å². The molecule has 1 atom stereocenters. The van der Waals surface area contributed by atoms with E-state index < -0.39 is 0 Å². The minimum Gasteiger partial charge on any atom is -0.375 e. The highest BCUT2D eigenvalue weighted by Crippen LogP contribution is 2.31. The molecular formula is C24H25ClN6O2. The monoisotopic (exact) mass is 464 g/mol. The molecule has 8 nitrogen and oxygen atoms in total. The fourth-order valence-corrected chi connectivity index (χ4v) is 4.69. The lowest BCUT2D eigenvalue weighted by Crippen LogP contribution is -2.55. The van der Waals surface area contributed by atoms with Crippen LogP contribution in [0, 0.1) is 6.92 Å². The minimum absolute atomic E-state index is 0.00190. The van der Waals surface area contributed by atoms with Crippen molar-refractivity contribution >= 4 is 40.0 Å². The predicted octanol–water partition coefficient (Wildman–Crippen LogP) is 3.59. The van der Waals surface area contributed by atoms with Crippen LogP contribution in [0.5, 0.6) is 0 Å². The fourth-order valence-electron chi connectivity index (χ4n) is 4.52. The van der Waals surface area contributed by atoms with Gasteiger partial charge in [-0.25, -0.2) is 9.38 Å². The number of hydrogen-bond donors (Lipinski definition) is 0. The Morgan fingerprint density at radius 2 is 2.00 bits per heavy atom. The second-order valence-corrected chi connectivity index (χ2v) is 8.82. The maximum Gasteiger partial charge on any atom is 0.248 e. The molecule has 3 heterocycles. The smallest absolute Gasteiger partial charge is 0.248 e. The van der Waals surface area contributed by atoms with E-state index in [2.05, 4.69) is 28.1 Å². The minimum atomic E-state index is -0.00190. The highest BCUT2D eigenvalue weighted by Gasteiger charge is 2.30. The third-order valence-electron chi connectivity index (χ3n) is 6.17. The van der Waals surface area contributed by atoms with E-state index in [1.807, 2.05) is 52.6 Å². The van der Waals surface area contributed by atoms with Crippen LogP contribution in [-0.2, 0) is 9.53 Å². The standard InChI is InChI=1S/C24H25ClN6O2/c1-15-6-4-5-7-18(15)22-27-28-23-19-9-8-17(25)12-20(19)26-24(31(22)23)29-10-11-30(16(2)13-29)21(32)14-33-3/h4-9,12,16H,10-11,13-14H2,1-3H3. The van der Waals surface area contributed by atoms with E-state index in [1.54, 1.807) is 7.11 Å². The van der Waals surface area contributed by atoms with Crippen LogP contribution in [0.1, 0.15) is 12.5 Å². The van der Waals surface area contributed by atoms with Crippen molar-refractivity contribution in [1.29, 1.82) is 0 Å². The number of benzene rings is 2. The highest BCUT2D eigenvalue weighted by atomic mass is 35.5.